The average molecular weight is 302 g/mol. The van der Waals surface area contributed by atoms with Crippen LogP contribution in [-0.4, -0.2) is 25.9 Å². The molecule has 0 amide bonds. The number of hydrogen-bond donors (Lipinski definition) is 1. The molecule has 2 aromatic rings. The van der Waals surface area contributed by atoms with Gasteiger partial charge in [-0.15, -0.1) is 0 Å². The minimum atomic E-state index is -4.71. The molecule has 1 N–H and O–H groups in total. The first-order valence-corrected chi connectivity index (χ1v) is 7.62. The molecule has 0 radical (unpaired) electrons. The average Bonchev–Trinajstić information content (AvgIpc) is 2.24. The second-order valence-electron chi connectivity index (χ2n) is 3.74. The van der Waals surface area contributed by atoms with E-state index in [2.05, 4.69) is 0 Å². The zero-order valence-electron chi connectivity index (χ0n) is 9.10. The van der Waals surface area contributed by atoms with Crippen LogP contribution in [0.1, 0.15) is 0 Å². The quantitative estimate of drug-likeness (QED) is 0.775. The molecule has 0 bridgehead atoms. The van der Waals surface area contributed by atoms with Gasteiger partial charge in [0.2, 0.25) is 0 Å². The van der Waals surface area contributed by atoms with Gasteiger partial charge in [-0.1, -0.05) is 17.9 Å². The van der Waals surface area contributed by atoms with Gasteiger partial charge in [0, 0.05) is 0 Å². The minimum Gasteiger partial charge on any atom is -0.872 e. The summed E-state index contributed by atoms with van der Waals surface area (Å²) >= 11 is 0. The Bertz CT molecular complexity index is 866. The van der Waals surface area contributed by atoms with Crippen LogP contribution >= 0.6 is 0 Å². The third kappa shape index (κ3) is 2.68. The van der Waals surface area contributed by atoms with Gasteiger partial charge < -0.3 is 9.66 Å². The smallest absolute Gasteiger partial charge is 0.293 e. The summed E-state index contributed by atoms with van der Waals surface area (Å²) in [7, 11) is -9.41. The van der Waals surface area contributed by atoms with Crippen molar-refractivity contribution in [3.63, 3.8) is 0 Å². The lowest BCUT2D eigenvalue weighted by Gasteiger charge is -2.14. The van der Waals surface area contributed by atoms with Gasteiger partial charge in [-0.2, -0.15) is 8.42 Å². The van der Waals surface area contributed by atoms with E-state index in [1.54, 1.807) is 0 Å². The first-order valence-electron chi connectivity index (χ1n) is 4.77. The predicted octanol–water partition coefficient (Wildman–Crippen LogP) is 0.0642. The molecule has 0 aromatic heterocycles. The van der Waals surface area contributed by atoms with E-state index < -0.39 is 35.8 Å². The molecule has 102 valence electrons. The highest BCUT2D eigenvalue weighted by Gasteiger charge is 2.12. The van der Waals surface area contributed by atoms with Gasteiger partial charge in [0.1, 0.15) is 10.1 Å². The van der Waals surface area contributed by atoms with Gasteiger partial charge in [-0.05, 0) is 29.0 Å². The molecule has 0 saturated heterocycles. The summed E-state index contributed by atoms with van der Waals surface area (Å²) in [6.07, 6.45) is 0. The van der Waals surface area contributed by atoms with Crippen LogP contribution in [0.3, 0.4) is 0 Å². The maximum atomic E-state index is 11.4. The van der Waals surface area contributed by atoms with Crippen molar-refractivity contribution < 1.29 is 31.0 Å². The standard InChI is InChI=1S/C10H8O7S2/c11-9-4-6-1-2-8(18(12,13)14)3-7(6)5-10(9)19(15,16)17/h1-5,11H,(H,12,13,14)(H,15,16,17)/p-2. The second-order valence-corrected chi connectivity index (χ2v) is 6.51. The summed E-state index contributed by atoms with van der Waals surface area (Å²) in [6, 6.07) is 4.90. The molecule has 0 aliphatic rings. The monoisotopic (exact) mass is 302 g/mol. The summed E-state index contributed by atoms with van der Waals surface area (Å²) in [6.45, 7) is 0. The molecule has 2 aromatic carbocycles. The van der Waals surface area contributed by atoms with Crippen LogP contribution in [0.2, 0.25) is 0 Å². The van der Waals surface area contributed by atoms with Crippen molar-refractivity contribution in [1.29, 1.82) is 0 Å². The summed E-state index contributed by atoms with van der Waals surface area (Å²) in [4.78, 5) is -1.43. The predicted molar refractivity (Wildman–Crippen MR) is 61.2 cm³/mol. The number of fused-ring (bicyclic) bond motifs is 1. The third-order valence-corrected chi connectivity index (χ3v) is 4.15. The first-order chi connectivity index (χ1) is 8.59. The van der Waals surface area contributed by atoms with Crippen LogP contribution in [0.25, 0.3) is 10.8 Å². The Hall–Kier alpha value is -1.68. The van der Waals surface area contributed by atoms with Gasteiger partial charge in [-0.25, -0.2) is 8.42 Å². The van der Waals surface area contributed by atoms with Gasteiger partial charge in [0.25, 0.3) is 10.1 Å². The Balaban J connectivity index is 2.83. The van der Waals surface area contributed by atoms with Crippen LogP contribution in [0, 0.1) is 0 Å². The Morgan fingerprint density at radius 2 is 1.58 bits per heavy atom. The highest BCUT2D eigenvalue weighted by Crippen LogP contribution is 2.28. The third-order valence-electron chi connectivity index (χ3n) is 2.44. The van der Waals surface area contributed by atoms with Crippen molar-refractivity contribution in [1.82, 2.24) is 0 Å². The largest absolute Gasteiger partial charge is 0.872 e. The minimum absolute atomic E-state index is 0.0455. The molecule has 0 fully saturated rings. The molecule has 0 saturated carbocycles. The Labute approximate surface area is 108 Å². The normalized spacial score (nSPS) is 12.7. The summed E-state index contributed by atoms with van der Waals surface area (Å²) in [5, 5.41) is 11.7. The van der Waals surface area contributed by atoms with Crippen molar-refractivity contribution in [2.75, 3.05) is 0 Å². The Morgan fingerprint density at radius 1 is 0.947 bits per heavy atom. The van der Waals surface area contributed by atoms with E-state index in [-0.39, 0.29) is 10.8 Å². The van der Waals surface area contributed by atoms with Crippen LogP contribution < -0.4 is 5.11 Å². The maximum absolute atomic E-state index is 11.4. The fraction of sp³-hybridized carbons (Fsp3) is 0. The van der Waals surface area contributed by atoms with Gasteiger partial charge >= 0.3 is 0 Å². The van der Waals surface area contributed by atoms with E-state index in [0.29, 0.717) is 0 Å². The number of rotatable bonds is 2. The molecule has 7 nitrogen and oxygen atoms in total. The summed E-state index contributed by atoms with van der Waals surface area (Å²) in [5.74, 6) is -0.923. The molecule has 0 aliphatic carbocycles. The molecule has 0 unspecified atom stereocenters. The van der Waals surface area contributed by atoms with Crippen LogP contribution in [0.4, 0.5) is 0 Å². The molecular weight excluding hydrogens is 296 g/mol. The fourth-order valence-electron chi connectivity index (χ4n) is 1.59. The van der Waals surface area contributed by atoms with E-state index in [0.717, 1.165) is 24.3 Å². The second kappa shape index (κ2) is 4.17. The summed E-state index contributed by atoms with van der Waals surface area (Å²) < 4.78 is 63.3. The SMILES string of the molecule is O=S(=O)([O-])c1ccc2cc([O-])c(S(=O)(=O)O)cc2c1. The molecule has 0 spiro atoms. The highest BCUT2D eigenvalue weighted by molar-refractivity contribution is 7.86. The maximum Gasteiger partial charge on any atom is 0.293 e. The van der Waals surface area contributed by atoms with Crippen molar-refractivity contribution in [2.24, 2.45) is 0 Å². The van der Waals surface area contributed by atoms with Crippen LogP contribution in [0.15, 0.2) is 40.1 Å². The number of hydrogen-bond acceptors (Lipinski definition) is 6. The van der Waals surface area contributed by atoms with Crippen LogP contribution in [0.5, 0.6) is 5.75 Å². The molecule has 9 heteroatoms. The van der Waals surface area contributed by atoms with E-state index in [1.807, 2.05) is 0 Å². The van der Waals surface area contributed by atoms with Gasteiger partial charge in [0.15, 0.2) is 0 Å². The van der Waals surface area contributed by atoms with Crippen molar-refractivity contribution in [3.8, 4) is 5.75 Å². The van der Waals surface area contributed by atoms with Gasteiger partial charge in [0.05, 0.1) is 9.79 Å². The van der Waals surface area contributed by atoms with E-state index in [4.69, 9.17) is 4.55 Å². The lowest BCUT2D eigenvalue weighted by atomic mass is 10.1. The zero-order chi connectivity index (χ0) is 14.4. The summed E-state index contributed by atoms with van der Waals surface area (Å²) in [5.41, 5.74) is 0. The van der Waals surface area contributed by atoms with E-state index in [1.165, 1.54) is 6.07 Å². The van der Waals surface area contributed by atoms with E-state index >= 15 is 0 Å². The highest BCUT2D eigenvalue weighted by atomic mass is 32.2. The first kappa shape index (κ1) is 13.7. The topological polar surface area (TPSA) is 135 Å². The zero-order valence-corrected chi connectivity index (χ0v) is 10.7. The molecule has 0 heterocycles. The molecule has 0 atom stereocenters. The van der Waals surface area contributed by atoms with E-state index in [9.17, 15) is 26.5 Å². The fourth-order valence-corrected chi connectivity index (χ4v) is 2.69. The lowest BCUT2D eigenvalue weighted by molar-refractivity contribution is -0.272. The molecule has 0 aliphatic heterocycles. The Kier molecular flexibility index (Phi) is 3.01. The Morgan fingerprint density at radius 3 is 2.11 bits per heavy atom. The lowest BCUT2D eigenvalue weighted by Crippen LogP contribution is -2.04. The van der Waals surface area contributed by atoms with Crippen molar-refractivity contribution in [2.45, 2.75) is 9.79 Å². The van der Waals surface area contributed by atoms with Crippen molar-refractivity contribution >= 4 is 31.0 Å². The van der Waals surface area contributed by atoms with Gasteiger partial charge in [-0.3, -0.25) is 4.55 Å². The number of benzene rings is 2. The van der Waals surface area contributed by atoms with Crippen LogP contribution in [-0.2, 0) is 20.2 Å². The molecule has 2 rings (SSSR count). The molecular formula is C10H6O7S2-2. The molecule has 19 heavy (non-hydrogen) atoms. The van der Waals surface area contributed by atoms with Crippen molar-refractivity contribution in [3.05, 3.63) is 30.3 Å².